The molecule has 1 N–H and O–H groups in total. The summed E-state index contributed by atoms with van der Waals surface area (Å²) in [5.41, 5.74) is 11.6. The highest BCUT2D eigenvalue weighted by Gasteiger charge is 2.41. The van der Waals surface area contributed by atoms with Gasteiger partial charge < -0.3 is 9.75 Å². The van der Waals surface area contributed by atoms with Crippen molar-refractivity contribution < 1.29 is 9.53 Å². The lowest BCUT2D eigenvalue weighted by atomic mass is 9.77. The molecule has 0 amide bonds. The van der Waals surface area contributed by atoms with Gasteiger partial charge in [-0.15, -0.1) is 15.0 Å². The summed E-state index contributed by atoms with van der Waals surface area (Å²) in [6.45, 7) is 9.42. The number of rotatable bonds is 13. The Balaban J connectivity index is 1.27. The number of esters is 1. The number of aromatic nitrogens is 4. The van der Waals surface area contributed by atoms with E-state index in [0.717, 1.165) is 63.2 Å². The molecular formula is C45H46N6O2. The van der Waals surface area contributed by atoms with E-state index in [2.05, 4.69) is 104 Å². The molecule has 0 radical (unpaired) electrons. The molecule has 0 saturated heterocycles. The highest BCUT2D eigenvalue weighted by atomic mass is 16.5. The van der Waals surface area contributed by atoms with Crippen molar-refractivity contribution in [1.82, 2.24) is 30.6 Å². The zero-order valence-corrected chi connectivity index (χ0v) is 30.8. The second-order valence-corrected chi connectivity index (χ2v) is 13.7. The molecule has 0 saturated carbocycles. The van der Waals surface area contributed by atoms with Crippen LogP contribution in [0.25, 0.3) is 22.5 Å². The lowest BCUT2D eigenvalue weighted by molar-refractivity contribution is -0.139. The monoisotopic (exact) mass is 702 g/mol. The Bertz CT molecular complexity index is 2070. The van der Waals surface area contributed by atoms with E-state index in [-0.39, 0.29) is 17.9 Å². The first-order chi connectivity index (χ1) is 25.9. The third kappa shape index (κ3) is 6.90. The fourth-order valence-corrected chi connectivity index (χ4v) is 7.46. The maximum absolute atomic E-state index is 13.3. The first kappa shape index (κ1) is 35.5. The van der Waals surface area contributed by atoms with Gasteiger partial charge in [-0.1, -0.05) is 160 Å². The number of hydrazine groups is 1. The molecule has 6 aromatic rings. The standard InChI is InChI=1S/C45H46N6O2/c1-5-30-50-40(41(44(52)53-6-2)42(47-50)32(3)4)31-33-26-28-34(29-27-33)38-24-16-17-25-39(38)43-46-49-51(48-43)45(35-18-10-7-11-19-35,36-20-12-8-13-21-36)37-22-14-9-15-23-37/h7-29,32,42,47H,5-6,30-31H2,1-4H3. The average Bonchev–Trinajstić information content (AvgIpc) is 3.83. The second-order valence-electron chi connectivity index (χ2n) is 13.7. The van der Waals surface area contributed by atoms with Crippen LogP contribution in [0.1, 0.15) is 56.4 Å². The number of hydrogen-bond acceptors (Lipinski definition) is 7. The lowest BCUT2D eigenvalue weighted by Gasteiger charge is -2.34. The van der Waals surface area contributed by atoms with Gasteiger partial charge >= 0.3 is 5.97 Å². The highest BCUT2D eigenvalue weighted by molar-refractivity contribution is 5.91. The molecule has 2 heterocycles. The average molecular weight is 703 g/mol. The lowest BCUT2D eigenvalue weighted by Crippen LogP contribution is -2.41. The number of carbonyl (C=O) groups is 1. The smallest absolute Gasteiger partial charge is 0.337 e. The maximum atomic E-state index is 13.3. The zero-order chi connectivity index (χ0) is 36.8. The largest absolute Gasteiger partial charge is 0.463 e. The number of ether oxygens (including phenoxy) is 1. The number of nitrogens with one attached hydrogen (secondary N) is 1. The van der Waals surface area contributed by atoms with Crippen molar-refractivity contribution in [3.63, 3.8) is 0 Å². The van der Waals surface area contributed by atoms with Gasteiger partial charge in [-0.3, -0.25) is 0 Å². The van der Waals surface area contributed by atoms with Crippen molar-refractivity contribution in [2.45, 2.75) is 52.1 Å². The van der Waals surface area contributed by atoms with Gasteiger partial charge in [0.15, 0.2) is 5.54 Å². The maximum Gasteiger partial charge on any atom is 0.337 e. The summed E-state index contributed by atoms with van der Waals surface area (Å²) >= 11 is 0. The SMILES string of the molecule is CCCN1NC(C(C)C)C(C(=O)OCC)=C1Cc1ccc(-c2ccccc2-c2nnn(C(c3ccccc3)(c3ccccc3)c3ccccc3)n2)cc1. The molecule has 0 fully saturated rings. The van der Waals surface area contributed by atoms with Crippen molar-refractivity contribution in [3.05, 3.63) is 173 Å². The molecule has 0 spiro atoms. The predicted molar refractivity (Wildman–Crippen MR) is 209 cm³/mol. The van der Waals surface area contributed by atoms with E-state index < -0.39 is 5.54 Å². The van der Waals surface area contributed by atoms with Crippen LogP contribution < -0.4 is 5.43 Å². The molecule has 8 nitrogen and oxygen atoms in total. The fourth-order valence-electron chi connectivity index (χ4n) is 7.46. The minimum absolute atomic E-state index is 0.0907. The van der Waals surface area contributed by atoms with Crippen molar-refractivity contribution in [1.29, 1.82) is 0 Å². The molecule has 0 aliphatic carbocycles. The summed E-state index contributed by atoms with van der Waals surface area (Å²) in [4.78, 5) is 15.0. The number of nitrogens with zero attached hydrogens (tertiary/aromatic N) is 5. The Morgan fingerprint density at radius 1 is 0.755 bits per heavy atom. The van der Waals surface area contributed by atoms with Crippen LogP contribution in [0.5, 0.6) is 0 Å². The van der Waals surface area contributed by atoms with Crippen molar-refractivity contribution in [2.75, 3.05) is 13.2 Å². The summed E-state index contributed by atoms with van der Waals surface area (Å²) in [5.74, 6) is 0.525. The van der Waals surface area contributed by atoms with Crippen LogP contribution >= 0.6 is 0 Å². The fraction of sp³-hybridized carbons (Fsp3) is 0.244. The topological polar surface area (TPSA) is 85.2 Å². The van der Waals surface area contributed by atoms with Gasteiger partial charge in [0.2, 0.25) is 5.82 Å². The predicted octanol–water partition coefficient (Wildman–Crippen LogP) is 8.46. The van der Waals surface area contributed by atoms with Crippen LogP contribution in [0.4, 0.5) is 0 Å². The van der Waals surface area contributed by atoms with Gasteiger partial charge in [0.1, 0.15) is 0 Å². The van der Waals surface area contributed by atoms with Crippen LogP contribution in [0.15, 0.2) is 151 Å². The van der Waals surface area contributed by atoms with E-state index in [4.69, 9.17) is 20.1 Å². The number of benzene rings is 5. The third-order valence-electron chi connectivity index (χ3n) is 9.94. The minimum atomic E-state index is -0.863. The normalized spacial score (nSPS) is 14.6. The quantitative estimate of drug-likeness (QED) is 0.0955. The Labute approximate surface area is 312 Å². The van der Waals surface area contributed by atoms with Crippen molar-refractivity contribution >= 4 is 5.97 Å². The molecule has 8 heteroatoms. The van der Waals surface area contributed by atoms with Crippen LogP contribution in [0, 0.1) is 5.92 Å². The first-order valence-electron chi connectivity index (χ1n) is 18.5. The molecular weight excluding hydrogens is 657 g/mol. The molecule has 1 unspecified atom stereocenters. The molecule has 0 bridgehead atoms. The Morgan fingerprint density at radius 2 is 1.30 bits per heavy atom. The Morgan fingerprint density at radius 3 is 1.83 bits per heavy atom. The van der Waals surface area contributed by atoms with Crippen LogP contribution in [0.3, 0.4) is 0 Å². The second kappa shape index (κ2) is 15.8. The molecule has 268 valence electrons. The summed E-state index contributed by atoms with van der Waals surface area (Å²) in [5, 5.41) is 16.8. The van der Waals surface area contributed by atoms with E-state index in [1.54, 1.807) is 4.80 Å². The summed E-state index contributed by atoms with van der Waals surface area (Å²) < 4.78 is 5.55. The number of hydrogen-bond donors (Lipinski definition) is 1. The Kier molecular flexibility index (Phi) is 10.6. The third-order valence-corrected chi connectivity index (χ3v) is 9.94. The molecule has 1 atom stereocenters. The summed E-state index contributed by atoms with van der Waals surface area (Å²) in [7, 11) is 0. The summed E-state index contributed by atoms with van der Waals surface area (Å²) in [6.07, 6.45) is 1.57. The number of carbonyl (C=O) groups excluding carboxylic acids is 1. The van der Waals surface area contributed by atoms with Crippen LogP contribution in [-0.2, 0) is 21.5 Å². The van der Waals surface area contributed by atoms with Crippen LogP contribution in [-0.4, -0.2) is 50.4 Å². The number of allylic oxidation sites excluding steroid dienone is 1. The van der Waals surface area contributed by atoms with Gasteiger partial charge in [0.25, 0.3) is 0 Å². The minimum Gasteiger partial charge on any atom is -0.463 e. The van der Waals surface area contributed by atoms with Gasteiger partial charge in [-0.2, -0.15) is 0 Å². The van der Waals surface area contributed by atoms with Gasteiger partial charge in [-0.05, 0) is 57.9 Å². The highest BCUT2D eigenvalue weighted by Crippen LogP contribution is 2.40. The van der Waals surface area contributed by atoms with E-state index in [9.17, 15) is 4.79 Å². The van der Waals surface area contributed by atoms with Crippen LogP contribution in [0.2, 0.25) is 0 Å². The van der Waals surface area contributed by atoms with E-state index in [0.29, 0.717) is 18.9 Å². The van der Waals surface area contributed by atoms with Gasteiger partial charge in [0.05, 0.1) is 18.2 Å². The molecule has 53 heavy (non-hydrogen) atoms. The van der Waals surface area contributed by atoms with Crippen molar-refractivity contribution in [2.24, 2.45) is 5.92 Å². The number of tetrazole rings is 1. The van der Waals surface area contributed by atoms with Gasteiger partial charge in [0, 0.05) is 24.2 Å². The molecule has 7 rings (SSSR count). The van der Waals surface area contributed by atoms with Crippen molar-refractivity contribution in [3.8, 4) is 22.5 Å². The van der Waals surface area contributed by atoms with Gasteiger partial charge in [-0.25, -0.2) is 10.2 Å². The Hall–Kier alpha value is -5.86. The molecule has 1 aromatic heterocycles. The van der Waals surface area contributed by atoms with E-state index in [1.165, 1.54) is 0 Å². The van der Waals surface area contributed by atoms with E-state index in [1.807, 2.05) is 73.7 Å². The summed E-state index contributed by atoms with van der Waals surface area (Å²) in [6, 6.07) is 47.8. The molecule has 1 aliphatic rings. The molecule has 1 aliphatic heterocycles. The first-order valence-corrected chi connectivity index (χ1v) is 18.5. The van der Waals surface area contributed by atoms with E-state index >= 15 is 0 Å². The molecule has 5 aromatic carbocycles. The zero-order valence-electron chi connectivity index (χ0n) is 30.8.